The van der Waals surface area contributed by atoms with E-state index in [9.17, 15) is 9.59 Å². The summed E-state index contributed by atoms with van der Waals surface area (Å²) in [6, 6.07) is 12.0. The Morgan fingerprint density at radius 1 is 1.15 bits per heavy atom. The molecule has 0 radical (unpaired) electrons. The second kappa shape index (κ2) is 7.69. The van der Waals surface area contributed by atoms with Crippen LogP contribution in [-0.4, -0.2) is 27.8 Å². The van der Waals surface area contributed by atoms with E-state index in [0.29, 0.717) is 12.2 Å². The molecule has 0 saturated carbocycles. The quantitative estimate of drug-likeness (QED) is 0.507. The maximum absolute atomic E-state index is 11.8. The minimum absolute atomic E-state index is 0.235. The average Bonchev–Trinajstić information content (AvgIpc) is 2.65. The lowest BCUT2D eigenvalue weighted by Gasteiger charge is -2.16. The molecule has 0 aliphatic carbocycles. The standard InChI is InChI=1S/C19H20N6O2/c1-2-14(18(21)27)24-16-8-6-13(17(20)26)19(25-16)23-12-5-7-15-11(10-12)4-3-9-22-15/h3-10,14H,2H2,1H3,(H2,20,26)(H2,21,27)(H2,23,24,25). The maximum Gasteiger partial charge on any atom is 0.252 e. The number of anilines is 3. The van der Waals surface area contributed by atoms with Crippen LogP contribution in [0.25, 0.3) is 10.9 Å². The highest BCUT2D eigenvalue weighted by Gasteiger charge is 2.16. The van der Waals surface area contributed by atoms with Crippen LogP contribution in [-0.2, 0) is 4.79 Å². The summed E-state index contributed by atoms with van der Waals surface area (Å²) in [6.07, 6.45) is 2.23. The van der Waals surface area contributed by atoms with Crippen molar-refractivity contribution in [1.29, 1.82) is 0 Å². The van der Waals surface area contributed by atoms with E-state index < -0.39 is 17.9 Å². The third-order valence-electron chi connectivity index (χ3n) is 4.10. The Kier molecular flexibility index (Phi) is 5.16. The number of aromatic nitrogens is 2. The predicted molar refractivity (Wildman–Crippen MR) is 105 cm³/mol. The largest absolute Gasteiger partial charge is 0.368 e. The molecule has 0 aliphatic heterocycles. The Morgan fingerprint density at radius 3 is 2.67 bits per heavy atom. The van der Waals surface area contributed by atoms with E-state index in [1.54, 1.807) is 18.3 Å². The molecule has 2 aromatic heterocycles. The van der Waals surface area contributed by atoms with Gasteiger partial charge in [-0.2, -0.15) is 0 Å². The van der Waals surface area contributed by atoms with Gasteiger partial charge in [0.25, 0.3) is 5.91 Å². The third-order valence-corrected chi connectivity index (χ3v) is 4.10. The van der Waals surface area contributed by atoms with E-state index in [1.165, 1.54) is 0 Å². The highest BCUT2D eigenvalue weighted by molar-refractivity contribution is 5.99. The lowest BCUT2D eigenvalue weighted by molar-refractivity contribution is -0.118. The molecule has 0 saturated heterocycles. The molecule has 27 heavy (non-hydrogen) atoms. The number of amides is 2. The molecule has 8 heteroatoms. The molecule has 0 aliphatic rings. The van der Waals surface area contributed by atoms with Crippen LogP contribution in [0.5, 0.6) is 0 Å². The van der Waals surface area contributed by atoms with Crippen LogP contribution >= 0.6 is 0 Å². The monoisotopic (exact) mass is 364 g/mol. The van der Waals surface area contributed by atoms with E-state index in [-0.39, 0.29) is 11.4 Å². The molecular formula is C19H20N6O2. The van der Waals surface area contributed by atoms with Crippen LogP contribution in [0.15, 0.2) is 48.7 Å². The van der Waals surface area contributed by atoms with Crippen molar-refractivity contribution in [2.45, 2.75) is 19.4 Å². The van der Waals surface area contributed by atoms with Gasteiger partial charge < -0.3 is 22.1 Å². The molecule has 1 atom stereocenters. The number of nitrogens with two attached hydrogens (primary N) is 2. The van der Waals surface area contributed by atoms with Gasteiger partial charge in [-0.3, -0.25) is 14.6 Å². The van der Waals surface area contributed by atoms with Gasteiger partial charge in [0.05, 0.1) is 11.1 Å². The molecule has 8 nitrogen and oxygen atoms in total. The topological polar surface area (TPSA) is 136 Å². The Labute approximate surface area is 156 Å². The Morgan fingerprint density at radius 2 is 1.96 bits per heavy atom. The summed E-state index contributed by atoms with van der Waals surface area (Å²) in [5.74, 6) is -0.388. The van der Waals surface area contributed by atoms with Crippen molar-refractivity contribution >= 4 is 40.0 Å². The van der Waals surface area contributed by atoms with Gasteiger partial charge in [0.1, 0.15) is 17.7 Å². The van der Waals surface area contributed by atoms with E-state index in [2.05, 4.69) is 20.6 Å². The summed E-state index contributed by atoms with van der Waals surface area (Å²) in [6.45, 7) is 1.84. The number of fused-ring (bicyclic) bond motifs is 1. The number of pyridine rings is 2. The number of nitrogens with one attached hydrogen (secondary N) is 2. The number of carbonyl (C=O) groups is 2. The minimum Gasteiger partial charge on any atom is -0.368 e. The first-order valence-corrected chi connectivity index (χ1v) is 8.46. The summed E-state index contributed by atoms with van der Waals surface area (Å²) >= 11 is 0. The SMILES string of the molecule is CCC(Nc1ccc(C(N)=O)c(Nc2ccc3ncccc3c2)n1)C(N)=O. The van der Waals surface area contributed by atoms with Gasteiger partial charge in [-0.05, 0) is 42.8 Å². The van der Waals surface area contributed by atoms with Crippen molar-refractivity contribution in [2.24, 2.45) is 11.5 Å². The molecule has 138 valence electrons. The van der Waals surface area contributed by atoms with Crippen molar-refractivity contribution in [1.82, 2.24) is 9.97 Å². The molecule has 0 spiro atoms. The van der Waals surface area contributed by atoms with Gasteiger partial charge in [-0.1, -0.05) is 13.0 Å². The van der Waals surface area contributed by atoms with Gasteiger partial charge in [-0.15, -0.1) is 0 Å². The Balaban J connectivity index is 1.94. The van der Waals surface area contributed by atoms with Crippen LogP contribution in [0.1, 0.15) is 23.7 Å². The van der Waals surface area contributed by atoms with E-state index in [4.69, 9.17) is 11.5 Å². The smallest absolute Gasteiger partial charge is 0.252 e. The number of hydrogen-bond donors (Lipinski definition) is 4. The molecule has 0 bridgehead atoms. The zero-order chi connectivity index (χ0) is 19.4. The minimum atomic E-state index is -0.610. The Bertz CT molecular complexity index is 1000. The summed E-state index contributed by atoms with van der Waals surface area (Å²) < 4.78 is 0. The van der Waals surface area contributed by atoms with Crippen molar-refractivity contribution in [3.05, 3.63) is 54.2 Å². The zero-order valence-electron chi connectivity index (χ0n) is 14.8. The van der Waals surface area contributed by atoms with Crippen LogP contribution in [0.2, 0.25) is 0 Å². The average molecular weight is 364 g/mol. The first-order valence-electron chi connectivity index (χ1n) is 8.46. The Hall–Kier alpha value is -3.68. The van der Waals surface area contributed by atoms with Gasteiger partial charge >= 0.3 is 0 Å². The zero-order valence-corrected chi connectivity index (χ0v) is 14.8. The summed E-state index contributed by atoms with van der Waals surface area (Å²) in [4.78, 5) is 31.9. The molecule has 6 N–H and O–H groups in total. The molecule has 1 aromatic carbocycles. The number of benzene rings is 1. The van der Waals surface area contributed by atoms with Crippen LogP contribution in [0.4, 0.5) is 17.3 Å². The molecular weight excluding hydrogens is 344 g/mol. The van der Waals surface area contributed by atoms with Crippen LogP contribution in [0.3, 0.4) is 0 Å². The van der Waals surface area contributed by atoms with Crippen molar-refractivity contribution in [3.63, 3.8) is 0 Å². The molecule has 2 heterocycles. The van der Waals surface area contributed by atoms with Gasteiger partial charge in [0.15, 0.2) is 0 Å². The first-order chi connectivity index (χ1) is 13.0. The van der Waals surface area contributed by atoms with E-state index in [0.717, 1.165) is 16.6 Å². The molecule has 2 amide bonds. The lowest BCUT2D eigenvalue weighted by atomic mass is 10.2. The highest BCUT2D eigenvalue weighted by Crippen LogP contribution is 2.24. The van der Waals surface area contributed by atoms with E-state index in [1.807, 2.05) is 37.3 Å². The van der Waals surface area contributed by atoms with E-state index >= 15 is 0 Å². The van der Waals surface area contributed by atoms with Crippen LogP contribution in [0, 0.1) is 0 Å². The van der Waals surface area contributed by atoms with Crippen molar-refractivity contribution in [2.75, 3.05) is 10.6 Å². The predicted octanol–water partition coefficient (Wildman–Crippen LogP) is 2.15. The first kappa shape index (κ1) is 18.1. The molecule has 3 rings (SSSR count). The number of nitrogens with zero attached hydrogens (tertiary/aromatic N) is 2. The maximum atomic E-state index is 11.8. The fraction of sp³-hybridized carbons (Fsp3) is 0.158. The summed E-state index contributed by atoms with van der Waals surface area (Å²) in [7, 11) is 0. The summed E-state index contributed by atoms with van der Waals surface area (Å²) in [5, 5.41) is 7.02. The van der Waals surface area contributed by atoms with Gasteiger partial charge in [-0.25, -0.2) is 4.98 Å². The van der Waals surface area contributed by atoms with Crippen molar-refractivity contribution < 1.29 is 9.59 Å². The van der Waals surface area contributed by atoms with Crippen LogP contribution < -0.4 is 22.1 Å². The number of hydrogen-bond acceptors (Lipinski definition) is 6. The molecule has 0 fully saturated rings. The highest BCUT2D eigenvalue weighted by atomic mass is 16.1. The number of primary amides is 2. The van der Waals surface area contributed by atoms with Gasteiger partial charge in [0, 0.05) is 17.3 Å². The second-order valence-corrected chi connectivity index (χ2v) is 6.00. The van der Waals surface area contributed by atoms with Gasteiger partial charge in [0.2, 0.25) is 5.91 Å². The lowest BCUT2D eigenvalue weighted by Crippen LogP contribution is -2.35. The number of carbonyl (C=O) groups excluding carboxylic acids is 2. The fourth-order valence-corrected chi connectivity index (χ4v) is 2.68. The fourth-order valence-electron chi connectivity index (χ4n) is 2.68. The molecule has 3 aromatic rings. The molecule has 1 unspecified atom stereocenters. The van der Waals surface area contributed by atoms with Crippen molar-refractivity contribution in [3.8, 4) is 0 Å². The second-order valence-electron chi connectivity index (χ2n) is 6.00. The normalized spacial score (nSPS) is 11.7. The summed E-state index contributed by atoms with van der Waals surface area (Å²) in [5.41, 5.74) is 12.6. The third kappa shape index (κ3) is 4.12. The number of rotatable bonds is 7.